The smallest absolute Gasteiger partial charge is 0.336 e. The van der Waals surface area contributed by atoms with Gasteiger partial charge in [-0.05, 0) is 60.0 Å². The molecule has 5 heteroatoms. The zero-order valence-electron chi connectivity index (χ0n) is 17.9. The molecule has 0 aliphatic rings. The van der Waals surface area contributed by atoms with E-state index in [1.165, 1.54) is 6.08 Å². The molecule has 0 bridgehead atoms. The van der Waals surface area contributed by atoms with Crippen LogP contribution < -0.4 is 14.2 Å². The minimum absolute atomic E-state index is 0.392. The predicted octanol–water partition coefficient (Wildman–Crippen LogP) is 5.78. The highest BCUT2D eigenvalue weighted by atomic mass is 16.5. The van der Waals surface area contributed by atoms with Crippen LogP contribution in [0.2, 0.25) is 0 Å². The third-order valence-corrected chi connectivity index (χ3v) is 4.49. The quantitative estimate of drug-likeness (QED) is 0.150. The number of benzene rings is 3. The normalized spacial score (nSPS) is 11.1. The van der Waals surface area contributed by atoms with Crippen LogP contribution in [0.5, 0.6) is 17.2 Å². The molecule has 3 aromatic carbocycles. The molecule has 0 aliphatic carbocycles. The van der Waals surface area contributed by atoms with Gasteiger partial charge in [0.2, 0.25) is 0 Å². The molecule has 0 unspecified atom stereocenters. The molecule has 0 heterocycles. The molecule has 160 valence electrons. The van der Waals surface area contributed by atoms with Gasteiger partial charge < -0.3 is 14.2 Å². The Kier molecular flexibility index (Phi) is 7.83. The highest BCUT2D eigenvalue weighted by Crippen LogP contribution is 2.28. The lowest BCUT2D eigenvalue weighted by molar-refractivity contribution is -0.128. The Morgan fingerprint density at radius 2 is 1.78 bits per heavy atom. The van der Waals surface area contributed by atoms with Gasteiger partial charge >= 0.3 is 5.97 Å². The fourth-order valence-electron chi connectivity index (χ4n) is 3.01. The first-order valence-corrected chi connectivity index (χ1v) is 10.1. The van der Waals surface area contributed by atoms with Crippen LogP contribution in [-0.2, 0) is 4.79 Å². The molecule has 0 aliphatic heterocycles. The summed E-state index contributed by atoms with van der Waals surface area (Å²) in [6.45, 7) is 2.43. The second kappa shape index (κ2) is 11.2. The molecule has 3 aromatic rings. The number of nitrogens with zero attached hydrogens (tertiary/aromatic N) is 1. The summed E-state index contributed by atoms with van der Waals surface area (Å²) in [7, 11) is 1.57. The molecule has 0 radical (unpaired) electrons. The summed E-state index contributed by atoms with van der Waals surface area (Å²) >= 11 is 0. The number of rotatable bonds is 8. The first kappa shape index (κ1) is 22.4. The van der Waals surface area contributed by atoms with Crippen molar-refractivity contribution >= 4 is 23.7 Å². The molecular formula is C27H23NO4. The van der Waals surface area contributed by atoms with E-state index in [9.17, 15) is 10.1 Å². The fourth-order valence-corrected chi connectivity index (χ4v) is 3.01. The van der Waals surface area contributed by atoms with E-state index in [-0.39, 0.29) is 0 Å². The van der Waals surface area contributed by atoms with Crippen LogP contribution in [0.25, 0.3) is 17.7 Å². The van der Waals surface area contributed by atoms with Crippen molar-refractivity contribution in [3.8, 4) is 23.3 Å². The van der Waals surface area contributed by atoms with E-state index in [1.807, 2.05) is 49.4 Å². The van der Waals surface area contributed by atoms with Crippen molar-refractivity contribution in [1.29, 1.82) is 5.26 Å². The Bertz CT molecular complexity index is 1170. The Morgan fingerprint density at radius 1 is 0.969 bits per heavy atom. The highest BCUT2D eigenvalue weighted by Gasteiger charge is 2.06. The van der Waals surface area contributed by atoms with Gasteiger partial charge in [0.15, 0.2) is 11.5 Å². The largest absolute Gasteiger partial charge is 0.493 e. The number of esters is 1. The van der Waals surface area contributed by atoms with Gasteiger partial charge in [-0.3, -0.25) is 0 Å². The second-order valence-electron chi connectivity index (χ2n) is 6.71. The van der Waals surface area contributed by atoms with E-state index in [1.54, 1.807) is 49.6 Å². The van der Waals surface area contributed by atoms with Crippen molar-refractivity contribution in [3.63, 3.8) is 0 Å². The average molecular weight is 425 g/mol. The molecule has 3 rings (SSSR count). The van der Waals surface area contributed by atoms with Crippen molar-refractivity contribution in [3.05, 3.63) is 95.6 Å². The summed E-state index contributed by atoms with van der Waals surface area (Å²) in [5.41, 5.74) is 2.89. The van der Waals surface area contributed by atoms with E-state index in [0.29, 0.717) is 29.4 Å². The van der Waals surface area contributed by atoms with Crippen molar-refractivity contribution in [2.45, 2.75) is 6.92 Å². The Labute approximate surface area is 187 Å². The van der Waals surface area contributed by atoms with E-state index in [2.05, 4.69) is 6.07 Å². The van der Waals surface area contributed by atoms with Gasteiger partial charge in [0, 0.05) is 6.08 Å². The SMILES string of the molecule is CCOc1ccc(/C=C/C(=O)Oc2cccc(/C=C(/C#N)c3ccccc3)c2)cc1OC. The van der Waals surface area contributed by atoms with Gasteiger partial charge in [-0.1, -0.05) is 48.5 Å². The number of methoxy groups -OCH3 is 1. The van der Waals surface area contributed by atoms with E-state index >= 15 is 0 Å². The van der Waals surface area contributed by atoms with Gasteiger partial charge in [0.25, 0.3) is 0 Å². The van der Waals surface area contributed by atoms with Crippen LogP contribution in [-0.4, -0.2) is 19.7 Å². The maximum Gasteiger partial charge on any atom is 0.336 e. The lowest BCUT2D eigenvalue weighted by atomic mass is 10.0. The Morgan fingerprint density at radius 3 is 2.50 bits per heavy atom. The highest BCUT2D eigenvalue weighted by molar-refractivity contribution is 5.90. The minimum atomic E-state index is -0.512. The topological polar surface area (TPSA) is 68.5 Å². The van der Waals surface area contributed by atoms with E-state index < -0.39 is 5.97 Å². The zero-order chi connectivity index (χ0) is 22.8. The third-order valence-electron chi connectivity index (χ3n) is 4.49. The number of carbonyl (C=O) groups is 1. The molecule has 5 nitrogen and oxygen atoms in total. The number of hydrogen-bond donors (Lipinski definition) is 0. The molecule has 32 heavy (non-hydrogen) atoms. The van der Waals surface area contributed by atoms with Gasteiger partial charge in [0.1, 0.15) is 5.75 Å². The lowest BCUT2D eigenvalue weighted by Crippen LogP contribution is -2.03. The number of hydrogen-bond acceptors (Lipinski definition) is 5. The molecule has 0 saturated carbocycles. The maximum absolute atomic E-state index is 12.3. The van der Waals surface area contributed by atoms with Gasteiger partial charge in [-0.15, -0.1) is 0 Å². The fraction of sp³-hybridized carbons (Fsp3) is 0.111. The van der Waals surface area contributed by atoms with Crippen molar-refractivity contribution < 1.29 is 19.0 Å². The maximum atomic E-state index is 12.3. The van der Waals surface area contributed by atoms with Gasteiger partial charge in [-0.25, -0.2) is 4.79 Å². The van der Waals surface area contributed by atoms with Crippen molar-refractivity contribution in [1.82, 2.24) is 0 Å². The number of ether oxygens (including phenoxy) is 3. The summed E-state index contributed by atoms with van der Waals surface area (Å²) in [5.74, 6) is 1.12. The molecule has 0 fully saturated rings. The molecule has 0 spiro atoms. The first-order chi connectivity index (χ1) is 15.6. The van der Waals surface area contributed by atoms with Crippen LogP contribution in [0.1, 0.15) is 23.6 Å². The predicted molar refractivity (Wildman–Crippen MR) is 125 cm³/mol. The van der Waals surface area contributed by atoms with Gasteiger partial charge in [0.05, 0.1) is 25.4 Å². The number of carbonyl (C=O) groups excluding carboxylic acids is 1. The van der Waals surface area contributed by atoms with Crippen LogP contribution in [0.3, 0.4) is 0 Å². The van der Waals surface area contributed by atoms with E-state index in [4.69, 9.17) is 14.2 Å². The summed E-state index contributed by atoms with van der Waals surface area (Å²) in [6.07, 6.45) is 4.75. The third kappa shape index (κ3) is 6.10. The first-order valence-electron chi connectivity index (χ1n) is 10.1. The number of nitriles is 1. The molecule has 0 aromatic heterocycles. The van der Waals surface area contributed by atoms with Crippen LogP contribution >= 0.6 is 0 Å². The molecule has 0 saturated heterocycles. The Hall–Kier alpha value is -4.30. The molecule has 0 amide bonds. The summed E-state index contributed by atoms with van der Waals surface area (Å²) in [6, 6.07) is 24.1. The van der Waals surface area contributed by atoms with Crippen molar-refractivity contribution in [2.24, 2.45) is 0 Å². The molecule has 0 N–H and O–H groups in total. The molecule has 0 atom stereocenters. The van der Waals surface area contributed by atoms with Crippen LogP contribution in [0, 0.1) is 11.3 Å². The minimum Gasteiger partial charge on any atom is -0.493 e. The summed E-state index contributed by atoms with van der Waals surface area (Å²) in [4.78, 5) is 12.3. The number of allylic oxidation sites excluding steroid dienone is 1. The molecular weight excluding hydrogens is 402 g/mol. The Balaban J connectivity index is 1.71. The second-order valence-corrected chi connectivity index (χ2v) is 6.71. The zero-order valence-corrected chi connectivity index (χ0v) is 17.9. The summed E-state index contributed by atoms with van der Waals surface area (Å²) in [5, 5.41) is 9.49. The monoisotopic (exact) mass is 425 g/mol. The van der Waals surface area contributed by atoms with Crippen LogP contribution in [0.15, 0.2) is 78.9 Å². The van der Waals surface area contributed by atoms with Crippen molar-refractivity contribution in [2.75, 3.05) is 13.7 Å². The van der Waals surface area contributed by atoms with E-state index in [0.717, 1.165) is 16.7 Å². The lowest BCUT2D eigenvalue weighted by Gasteiger charge is -2.09. The average Bonchev–Trinajstić information content (AvgIpc) is 2.83. The van der Waals surface area contributed by atoms with Gasteiger partial charge in [-0.2, -0.15) is 5.26 Å². The summed E-state index contributed by atoms with van der Waals surface area (Å²) < 4.78 is 16.2. The standard InChI is InChI=1S/C27H23NO4/c1-3-31-25-14-12-20(18-26(25)30-2)13-15-27(29)32-24-11-7-8-21(17-24)16-23(19-28)22-9-5-4-6-10-22/h4-18H,3H2,1-2H3/b15-13+,23-16-. The van der Waals surface area contributed by atoms with Crippen LogP contribution in [0.4, 0.5) is 0 Å².